The number of hydrogen-bond acceptors (Lipinski definition) is 2. The fraction of sp³-hybridized carbons (Fsp3) is 0.389. The van der Waals surface area contributed by atoms with Gasteiger partial charge in [0.25, 0.3) is 0 Å². The largest absolute Gasteiger partial charge is 0.384 e. The molecule has 0 saturated heterocycles. The first-order chi connectivity index (χ1) is 9.65. The van der Waals surface area contributed by atoms with E-state index in [1.807, 2.05) is 26.0 Å². The van der Waals surface area contributed by atoms with E-state index in [0.29, 0.717) is 0 Å². The Labute approximate surface area is 120 Å². The Bertz CT molecular complexity index is 599. The summed E-state index contributed by atoms with van der Waals surface area (Å²) in [5.41, 5.74) is 5.14. The van der Waals surface area contributed by atoms with Crippen molar-refractivity contribution in [2.24, 2.45) is 0 Å². The van der Waals surface area contributed by atoms with Gasteiger partial charge in [-0.1, -0.05) is 36.8 Å². The second kappa shape index (κ2) is 5.37. The minimum atomic E-state index is -0.585. The smallest absolute Gasteiger partial charge is 0.106 e. The van der Waals surface area contributed by atoms with Crippen LogP contribution in [0.4, 0.5) is 0 Å². The summed E-state index contributed by atoms with van der Waals surface area (Å²) >= 11 is 0. The van der Waals surface area contributed by atoms with Gasteiger partial charge in [0.15, 0.2) is 0 Å². The lowest BCUT2D eigenvalue weighted by molar-refractivity contribution is 0.219. The first-order valence-corrected chi connectivity index (χ1v) is 7.37. The SMILES string of the molecule is Cc1ccc(C(O)c2ccc(C3CCC3)cc2)c(C)n1. The highest BCUT2D eigenvalue weighted by Crippen LogP contribution is 2.36. The molecule has 0 bridgehead atoms. The van der Waals surface area contributed by atoms with Crippen LogP contribution < -0.4 is 0 Å². The van der Waals surface area contributed by atoms with E-state index in [1.54, 1.807) is 0 Å². The van der Waals surface area contributed by atoms with Gasteiger partial charge in [-0.25, -0.2) is 0 Å². The minimum Gasteiger partial charge on any atom is -0.384 e. The normalized spacial score (nSPS) is 16.8. The molecule has 1 saturated carbocycles. The lowest BCUT2D eigenvalue weighted by Crippen LogP contribution is -2.09. The Morgan fingerprint density at radius 2 is 1.75 bits per heavy atom. The van der Waals surface area contributed by atoms with E-state index in [0.717, 1.165) is 28.4 Å². The van der Waals surface area contributed by atoms with E-state index in [1.165, 1.54) is 24.8 Å². The third-order valence-corrected chi connectivity index (χ3v) is 4.39. The molecule has 1 aromatic heterocycles. The van der Waals surface area contributed by atoms with Gasteiger partial charge in [-0.2, -0.15) is 0 Å². The summed E-state index contributed by atoms with van der Waals surface area (Å²) in [5, 5.41) is 10.5. The molecule has 1 atom stereocenters. The minimum absolute atomic E-state index is 0.585. The standard InChI is InChI=1S/C18H21NO/c1-12-6-11-17(13(2)19-12)18(20)16-9-7-15(8-10-16)14-4-3-5-14/h6-11,14,18,20H,3-5H2,1-2H3. The third-order valence-electron chi connectivity index (χ3n) is 4.39. The van der Waals surface area contributed by atoms with Gasteiger partial charge in [-0.3, -0.25) is 4.98 Å². The van der Waals surface area contributed by atoms with Crippen LogP contribution in [0.5, 0.6) is 0 Å². The summed E-state index contributed by atoms with van der Waals surface area (Å²) < 4.78 is 0. The molecule has 1 unspecified atom stereocenters. The van der Waals surface area contributed by atoms with Gasteiger partial charge in [-0.05, 0) is 49.8 Å². The van der Waals surface area contributed by atoms with Crippen molar-refractivity contribution in [1.82, 2.24) is 4.98 Å². The molecular weight excluding hydrogens is 246 g/mol. The van der Waals surface area contributed by atoms with Gasteiger partial charge in [0.05, 0.1) is 0 Å². The van der Waals surface area contributed by atoms with Crippen molar-refractivity contribution in [3.8, 4) is 0 Å². The van der Waals surface area contributed by atoms with Crippen LogP contribution in [0.25, 0.3) is 0 Å². The van der Waals surface area contributed by atoms with E-state index in [2.05, 4.69) is 29.2 Å². The summed E-state index contributed by atoms with van der Waals surface area (Å²) in [6, 6.07) is 12.4. The van der Waals surface area contributed by atoms with Crippen LogP contribution in [0.15, 0.2) is 36.4 Å². The van der Waals surface area contributed by atoms with Crippen molar-refractivity contribution >= 4 is 0 Å². The second-order valence-corrected chi connectivity index (χ2v) is 5.82. The fourth-order valence-corrected chi connectivity index (χ4v) is 2.86. The Morgan fingerprint density at radius 1 is 1.05 bits per heavy atom. The summed E-state index contributed by atoms with van der Waals surface area (Å²) in [4.78, 5) is 4.43. The van der Waals surface area contributed by atoms with Crippen LogP contribution in [0.2, 0.25) is 0 Å². The fourth-order valence-electron chi connectivity index (χ4n) is 2.86. The first kappa shape index (κ1) is 13.3. The van der Waals surface area contributed by atoms with E-state index in [4.69, 9.17) is 0 Å². The number of hydrogen-bond donors (Lipinski definition) is 1. The molecule has 2 aromatic rings. The Morgan fingerprint density at radius 3 is 2.30 bits per heavy atom. The van der Waals surface area contributed by atoms with E-state index >= 15 is 0 Å². The molecule has 1 aliphatic carbocycles. The number of aryl methyl sites for hydroxylation is 2. The summed E-state index contributed by atoms with van der Waals surface area (Å²) in [7, 11) is 0. The maximum absolute atomic E-state index is 10.5. The van der Waals surface area contributed by atoms with Gasteiger partial charge in [0, 0.05) is 17.0 Å². The average molecular weight is 267 g/mol. The molecule has 2 nitrogen and oxygen atoms in total. The van der Waals surface area contributed by atoms with Crippen molar-refractivity contribution in [2.45, 2.75) is 45.1 Å². The molecule has 104 valence electrons. The highest BCUT2D eigenvalue weighted by molar-refractivity contribution is 5.35. The maximum Gasteiger partial charge on any atom is 0.106 e. The van der Waals surface area contributed by atoms with Crippen molar-refractivity contribution in [3.63, 3.8) is 0 Å². The van der Waals surface area contributed by atoms with E-state index in [9.17, 15) is 5.11 Å². The van der Waals surface area contributed by atoms with Crippen molar-refractivity contribution in [1.29, 1.82) is 0 Å². The van der Waals surface area contributed by atoms with Crippen molar-refractivity contribution < 1.29 is 5.11 Å². The predicted molar refractivity (Wildman–Crippen MR) is 80.8 cm³/mol. The zero-order valence-corrected chi connectivity index (χ0v) is 12.1. The molecule has 2 heteroatoms. The van der Waals surface area contributed by atoms with Crippen LogP contribution in [0.1, 0.15) is 59.4 Å². The van der Waals surface area contributed by atoms with Gasteiger partial charge in [0.2, 0.25) is 0 Å². The molecule has 1 fully saturated rings. The third kappa shape index (κ3) is 2.48. The lowest BCUT2D eigenvalue weighted by atomic mass is 9.80. The van der Waals surface area contributed by atoms with Crippen LogP contribution >= 0.6 is 0 Å². The molecular formula is C18H21NO. The summed E-state index contributed by atoms with van der Waals surface area (Å²) in [5.74, 6) is 0.740. The first-order valence-electron chi connectivity index (χ1n) is 7.37. The van der Waals surface area contributed by atoms with E-state index < -0.39 is 6.10 Å². The molecule has 1 aromatic carbocycles. The highest BCUT2D eigenvalue weighted by atomic mass is 16.3. The number of benzene rings is 1. The van der Waals surface area contributed by atoms with E-state index in [-0.39, 0.29) is 0 Å². The Kier molecular flexibility index (Phi) is 3.58. The molecule has 3 rings (SSSR count). The predicted octanol–water partition coefficient (Wildman–Crippen LogP) is 4.05. The second-order valence-electron chi connectivity index (χ2n) is 5.82. The van der Waals surface area contributed by atoms with Crippen LogP contribution in [0.3, 0.4) is 0 Å². The Balaban J connectivity index is 1.84. The van der Waals surface area contributed by atoms with Gasteiger partial charge < -0.3 is 5.11 Å². The van der Waals surface area contributed by atoms with Crippen molar-refractivity contribution in [2.75, 3.05) is 0 Å². The highest BCUT2D eigenvalue weighted by Gasteiger charge is 2.20. The molecule has 1 aliphatic rings. The maximum atomic E-state index is 10.5. The average Bonchev–Trinajstić information content (AvgIpc) is 2.37. The zero-order chi connectivity index (χ0) is 14.1. The quantitative estimate of drug-likeness (QED) is 0.910. The molecule has 0 radical (unpaired) electrons. The monoisotopic (exact) mass is 267 g/mol. The van der Waals surface area contributed by atoms with Crippen LogP contribution in [0, 0.1) is 13.8 Å². The number of aliphatic hydroxyl groups excluding tert-OH is 1. The van der Waals surface area contributed by atoms with Gasteiger partial charge >= 0.3 is 0 Å². The topological polar surface area (TPSA) is 33.1 Å². The number of aromatic nitrogens is 1. The van der Waals surface area contributed by atoms with Crippen LogP contribution in [-0.2, 0) is 0 Å². The molecule has 1 heterocycles. The number of aliphatic hydroxyl groups is 1. The zero-order valence-electron chi connectivity index (χ0n) is 12.1. The molecule has 0 spiro atoms. The summed E-state index contributed by atoms with van der Waals surface area (Å²) in [6.07, 6.45) is 3.38. The lowest BCUT2D eigenvalue weighted by Gasteiger charge is -2.26. The number of pyridine rings is 1. The number of nitrogens with zero attached hydrogens (tertiary/aromatic N) is 1. The Hall–Kier alpha value is -1.67. The van der Waals surface area contributed by atoms with Crippen molar-refractivity contribution in [3.05, 3.63) is 64.5 Å². The van der Waals surface area contributed by atoms with Gasteiger partial charge in [0.1, 0.15) is 6.10 Å². The molecule has 20 heavy (non-hydrogen) atoms. The molecule has 0 amide bonds. The molecule has 0 aliphatic heterocycles. The van der Waals surface area contributed by atoms with Crippen LogP contribution in [-0.4, -0.2) is 10.1 Å². The number of rotatable bonds is 3. The van der Waals surface area contributed by atoms with Gasteiger partial charge in [-0.15, -0.1) is 0 Å². The summed E-state index contributed by atoms with van der Waals surface area (Å²) in [6.45, 7) is 3.92. The molecule has 1 N–H and O–H groups in total.